The molecule has 3 aromatic rings. The second kappa shape index (κ2) is 7.90. The van der Waals surface area contributed by atoms with Gasteiger partial charge in [-0.1, -0.05) is 17.7 Å². The molecule has 0 spiro atoms. The summed E-state index contributed by atoms with van der Waals surface area (Å²) in [6.45, 7) is 4.57. The zero-order valence-electron chi connectivity index (χ0n) is 15.4. The van der Waals surface area contributed by atoms with Gasteiger partial charge in [0.15, 0.2) is 5.76 Å². The molecule has 1 amide bonds. The summed E-state index contributed by atoms with van der Waals surface area (Å²) in [4.78, 5) is 25.0. The number of anilines is 3. The van der Waals surface area contributed by atoms with E-state index in [1.807, 2.05) is 31.2 Å². The quantitative estimate of drug-likeness (QED) is 0.722. The second-order valence-corrected chi connectivity index (χ2v) is 6.96. The molecule has 0 aliphatic carbocycles. The number of nitrogens with one attached hydrogen (secondary N) is 1. The summed E-state index contributed by atoms with van der Waals surface area (Å²) in [6, 6.07) is 11.0. The van der Waals surface area contributed by atoms with Gasteiger partial charge in [0.05, 0.1) is 6.26 Å². The van der Waals surface area contributed by atoms with Gasteiger partial charge in [0.2, 0.25) is 0 Å². The number of benzene rings is 1. The van der Waals surface area contributed by atoms with Crippen molar-refractivity contribution in [1.29, 1.82) is 0 Å². The van der Waals surface area contributed by atoms with E-state index in [9.17, 15) is 4.79 Å². The summed E-state index contributed by atoms with van der Waals surface area (Å²) >= 11 is 6.19. The third kappa shape index (κ3) is 3.80. The van der Waals surface area contributed by atoms with Gasteiger partial charge in [-0.3, -0.25) is 4.79 Å². The minimum atomic E-state index is -0.0777. The van der Waals surface area contributed by atoms with E-state index in [1.54, 1.807) is 17.0 Å². The third-order valence-corrected chi connectivity index (χ3v) is 5.22. The number of aromatic nitrogens is 2. The first kappa shape index (κ1) is 18.3. The van der Waals surface area contributed by atoms with Gasteiger partial charge in [-0.25, -0.2) is 9.97 Å². The maximum atomic E-state index is 12.4. The van der Waals surface area contributed by atoms with Crippen molar-refractivity contribution < 1.29 is 9.21 Å². The molecule has 144 valence electrons. The molecule has 1 aromatic carbocycles. The van der Waals surface area contributed by atoms with Gasteiger partial charge in [0, 0.05) is 43.0 Å². The van der Waals surface area contributed by atoms with Crippen LogP contribution in [0.2, 0.25) is 5.02 Å². The summed E-state index contributed by atoms with van der Waals surface area (Å²) in [6.07, 6.45) is 3.05. The Bertz CT molecular complexity index is 968. The number of nitrogens with zero attached hydrogens (tertiary/aromatic N) is 4. The van der Waals surface area contributed by atoms with E-state index in [-0.39, 0.29) is 5.91 Å². The predicted octanol–water partition coefficient (Wildman–Crippen LogP) is 3.74. The van der Waals surface area contributed by atoms with Gasteiger partial charge in [0.25, 0.3) is 5.91 Å². The summed E-state index contributed by atoms with van der Waals surface area (Å²) < 4.78 is 5.21. The standard InChI is InChI=1S/C20H20ClN5O2/c1-14-15(21)4-2-5-16(14)24-18-12-19(23-13-22-18)25-7-9-26(10-8-25)20(27)17-6-3-11-28-17/h2-6,11-13H,7-10H2,1H3,(H,22,23,24). The predicted molar refractivity (Wildman–Crippen MR) is 108 cm³/mol. The van der Waals surface area contributed by atoms with Crippen molar-refractivity contribution >= 4 is 34.8 Å². The summed E-state index contributed by atoms with van der Waals surface area (Å²) in [5.41, 5.74) is 1.88. The van der Waals surface area contributed by atoms with Crippen LogP contribution in [0.1, 0.15) is 16.1 Å². The number of halogens is 1. The first-order chi connectivity index (χ1) is 13.6. The number of piperazine rings is 1. The number of amides is 1. The van der Waals surface area contributed by atoms with Crippen molar-refractivity contribution in [3.8, 4) is 0 Å². The molecule has 7 nitrogen and oxygen atoms in total. The molecule has 8 heteroatoms. The number of carbonyl (C=O) groups is 1. The lowest BCUT2D eigenvalue weighted by Gasteiger charge is -2.35. The Morgan fingerprint density at radius 2 is 1.96 bits per heavy atom. The van der Waals surface area contributed by atoms with Crippen molar-refractivity contribution in [3.63, 3.8) is 0 Å². The van der Waals surface area contributed by atoms with Gasteiger partial charge >= 0.3 is 0 Å². The Labute approximate surface area is 167 Å². The average Bonchev–Trinajstić information content (AvgIpc) is 3.26. The third-order valence-electron chi connectivity index (χ3n) is 4.81. The van der Waals surface area contributed by atoms with Crippen molar-refractivity contribution in [3.05, 3.63) is 65.3 Å². The lowest BCUT2D eigenvalue weighted by atomic mass is 10.2. The molecule has 1 aliphatic heterocycles. The summed E-state index contributed by atoms with van der Waals surface area (Å²) in [7, 11) is 0. The van der Waals surface area contributed by atoms with Crippen molar-refractivity contribution in [2.45, 2.75) is 6.92 Å². The van der Waals surface area contributed by atoms with Crippen LogP contribution in [-0.2, 0) is 0 Å². The number of hydrogen-bond donors (Lipinski definition) is 1. The lowest BCUT2D eigenvalue weighted by molar-refractivity contribution is 0.0714. The Morgan fingerprint density at radius 1 is 1.14 bits per heavy atom. The molecular weight excluding hydrogens is 378 g/mol. The van der Waals surface area contributed by atoms with Crippen molar-refractivity contribution in [2.24, 2.45) is 0 Å². The fourth-order valence-corrected chi connectivity index (χ4v) is 3.34. The average molecular weight is 398 g/mol. The number of hydrogen-bond acceptors (Lipinski definition) is 6. The minimum Gasteiger partial charge on any atom is -0.459 e. The van der Waals surface area contributed by atoms with Crippen LogP contribution >= 0.6 is 11.6 Å². The van der Waals surface area contributed by atoms with Crippen LogP contribution in [0, 0.1) is 6.92 Å². The van der Waals surface area contributed by atoms with Crippen LogP contribution in [0.5, 0.6) is 0 Å². The maximum Gasteiger partial charge on any atom is 0.289 e. The fourth-order valence-electron chi connectivity index (χ4n) is 3.16. The van der Waals surface area contributed by atoms with Crippen molar-refractivity contribution in [2.75, 3.05) is 36.4 Å². The van der Waals surface area contributed by atoms with Crippen LogP contribution in [0.4, 0.5) is 17.3 Å². The fraction of sp³-hybridized carbons (Fsp3) is 0.250. The molecule has 0 atom stereocenters. The Hall–Kier alpha value is -3.06. The molecule has 0 bridgehead atoms. The number of carbonyl (C=O) groups excluding carboxylic acids is 1. The molecule has 4 rings (SSSR count). The SMILES string of the molecule is Cc1c(Cl)cccc1Nc1cc(N2CCN(C(=O)c3ccco3)CC2)ncn1. The Balaban J connectivity index is 1.42. The van der Waals surface area contributed by atoms with E-state index in [0.29, 0.717) is 42.8 Å². The highest BCUT2D eigenvalue weighted by atomic mass is 35.5. The highest BCUT2D eigenvalue weighted by Crippen LogP contribution is 2.26. The number of rotatable bonds is 4. The lowest BCUT2D eigenvalue weighted by Crippen LogP contribution is -2.49. The zero-order valence-corrected chi connectivity index (χ0v) is 16.2. The monoisotopic (exact) mass is 397 g/mol. The molecule has 0 radical (unpaired) electrons. The van der Waals surface area contributed by atoms with E-state index >= 15 is 0 Å². The molecule has 2 aromatic heterocycles. The molecule has 1 saturated heterocycles. The highest BCUT2D eigenvalue weighted by molar-refractivity contribution is 6.31. The van der Waals surface area contributed by atoms with Gasteiger partial charge < -0.3 is 19.5 Å². The van der Waals surface area contributed by atoms with E-state index in [4.69, 9.17) is 16.0 Å². The molecule has 1 N–H and O–H groups in total. The second-order valence-electron chi connectivity index (χ2n) is 6.56. The topological polar surface area (TPSA) is 74.5 Å². The first-order valence-electron chi connectivity index (χ1n) is 9.04. The van der Waals surface area contributed by atoms with Crippen LogP contribution in [-0.4, -0.2) is 47.0 Å². The number of furan rings is 1. The highest BCUT2D eigenvalue weighted by Gasteiger charge is 2.24. The van der Waals surface area contributed by atoms with Crippen LogP contribution < -0.4 is 10.2 Å². The zero-order chi connectivity index (χ0) is 19.5. The smallest absolute Gasteiger partial charge is 0.289 e. The molecule has 1 aliphatic rings. The van der Waals surface area contributed by atoms with Crippen LogP contribution in [0.15, 0.2) is 53.4 Å². The molecule has 1 fully saturated rings. The molecule has 0 unspecified atom stereocenters. The summed E-state index contributed by atoms with van der Waals surface area (Å²) in [5, 5.41) is 4.00. The molecule has 0 saturated carbocycles. The molecule has 28 heavy (non-hydrogen) atoms. The summed E-state index contributed by atoms with van der Waals surface area (Å²) in [5.74, 6) is 1.82. The van der Waals surface area contributed by atoms with E-state index in [0.717, 1.165) is 17.1 Å². The van der Waals surface area contributed by atoms with E-state index in [1.165, 1.54) is 12.6 Å². The maximum absolute atomic E-state index is 12.4. The van der Waals surface area contributed by atoms with Crippen molar-refractivity contribution in [1.82, 2.24) is 14.9 Å². The van der Waals surface area contributed by atoms with Gasteiger partial charge in [0.1, 0.15) is 18.0 Å². The van der Waals surface area contributed by atoms with Crippen LogP contribution in [0.3, 0.4) is 0 Å². The van der Waals surface area contributed by atoms with E-state index < -0.39 is 0 Å². The van der Waals surface area contributed by atoms with Gasteiger partial charge in [-0.2, -0.15) is 0 Å². The normalized spacial score (nSPS) is 14.2. The molecular formula is C20H20ClN5O2. The van der Waals surface area contributed by atoms with Gasteiger partial charge in [-0.15, -0.1) is 0 Å². The largest absolute Gasteiger partial charge is 0.459 e. The van der Waals surface area contributed by atoms with Gasteiger partial charge in [-0.05, 0) is 36.8 Å². The first-order valence-corrected chi connectivity index (χ1v) is 9.41. The minimum absolute atomic E-state index is 0.0777. The molecule has 3 heterocycles. The van der Waals surface area contributed by atoms with Crippen LogP contribution in [0.25, 0.3) is 0 Å². The Kier molecular flexibility index (Phi) is 5.16. The van der Waals surface area contributed by atoms with E-state index in [2.05, 4.69) is 20.2 Å². The Morgan fingerprint density at radius 3 is 2.71 bits per heavy atom.